The Labute approximate surface area is 179 Å². The van der Waals surface area contributed by atoms with Crippen LogP contribution in [-0.2, 0) is 19.2 Å². The summed E-state index contributed by atoms with van der Waals surface area (Å²) in [6, 6.07) is 5.42. The molecule has 0 fully saturated rings. The van der Waals surface area contributed by atoms with E-state index in [0.29, 0.717) is 0 Å². The average Bonchev–Trinajstić information content (AvgIpc) is 2.64. The van der Waals surface area contributed by atoms with Gasteiger partial charge in [0.2, 0.25) is 0 Å². The van der Waals surface area contributed by atoms with Crippen LogP contribution in [0.4, 0.5) is 11.4 Å². The fraction of sp³-hybridized carbons (Fsp3) is 0.375. The van der Waals surface area contributed by atoms with Crippen molar-refractivity contribution in [2.45, 2.75) is 0 Å². The van der Waals surface area contributed by atoms with Gasteiger partial charge >= 0.3 is 23.9 Å². The molecule has 0 spiro atoms. The third-order valence-corrected chi connectivity index (χ3v) is 3.35. The van der Waals surface area contributed by atoms with E-state index < -0.39 is 65.6 Å². The van der Waals surface area contributed by atoms with Gasteiger partial charge in [-0.15, -0.1) is 0 Å². The zero-order valence-electron chi connectivity index (χ0n) is 16.3. The summed E-state index contributed by atoms with van der Waals surface area (Å²) in [5.41, 5.74) is -0.704. The second kappa shape index (κ2) is 13.9. The summed E-state index contributed by atoms with van der Waals surface area (Å²) in [7, 11) is 0. The molecule has 0 heterocycles. The number of non-ortho nitro benzene ring substituents is 2. The minimum Gasteiger partial charge on any atom is -0.480 e. The number of hydrogen-bond donors (Lipinski definition) is 4. The van der Waals surface area contributed by atoms with E-state index in [4.69, 9.17) is 20.4 Å². The van der Waals surface area contributed by atoms with Crippen LogP contribution in [0.1, 0.15) is 0 Å². The first-order valence-corrected chi connectivity index (χ1v) is 8.44. The second-order valence-electron chi connectivity index (χ2n) is 5.94. The molecule has 175 valence electrons. The first kappa shape index (κ1) is 27.8. The highest BCUT2D eigenvalue weighted by molar-refractivity contribution is 5.73. The Balaban J connectivity index is 0.000000677. The van der Waals surface area contributed by atoms with E-state index in [1.807, 2.05) is 0 Å². The second-order valence-corrected chi connectivity index (χ2v) is 5.94. The van der Waals surface area contributed by atoms with Gasteiger partial charge in [-0.25, -0.2) is 0 Å². The van der Waals surface area contributed by atoms with Crippen LogP contribution in [0.2, 0.25) is 0 Å². The van der Waals surface area contributed by atoms with Gasteiger partial charge in [-0.3, -0.25) is 49.2 Å². The summed E-state index contributed by atoms with van der Waals surface area (Å²) in [5.74, 6) is -4.91. The number of nitro groups is 2. The summed E-state index contributed by atoms with van der Waals surface area (Å²) in [6.07, 6.45) is 0. The molecule has 0 amide bonds. The molecule has 16 nitrogen and oxygen atoms in total. The lowest BCUT2D eigenvalue weighted by Gasteiger charge is -2.23. The molecule has 0 bridgehead atoms. The van der Waals surface area contributed by atoms with Crippen LogP contribution in [0.15, 0.2) is 18.2 Å². The standard InChI is InChI=1S/C10H16N2O8.C6H3N2O4/c13-7(14)3-11(4-8(15)16)1-2-12(5-9(17)18)6-10(19)20;9-7(10)5-2-1-3-6(4-5)8(11)12/h1-6H2,(H,13,14)(H,15,16)(H,17,18)(H,19,20);1-2,4H. The Morgan fingerprint density at radius 2 is 1.16 bits per heavy atom. The van der Waals surface area contributed by atoms with Gasteiger partial charge in [0.05, 0.1) is 48.2 Å². The number of carbonyl (C=O) groups is 4. The normalized spacial score (nSPS) is 10.2. The molecule has 0 unspecified atom stereocenters. The number of nitro benzene ring substituents is 2. The Morgan fingerprint density at radius 3 is 1.44 bits per heavy atom. The Kier molecular flexibility index (Phi) is 12.1. The van der Waals surface area contributed by atoms with Gasteiger partial charge in [-0.05, 0) is 6.07 Å². The fourth-order valence-corrected chi connectivity index (χ4v) is 2.14. The van der Waals surface area contributed by atoms with E-state index in [1.54, 1.807) is 0 Å². The highest BCUT2D eigenvalue weighted by atomic mass is 16.6. The predicted molar refractivity (Wildman–Crippen MR) is 102 cm³/mol. The van der Waals surface area contributed by atoms with E-state index in [2.05, 4.69) is 6.07 Å². The molecule has 1 rings (SSSR count). The van der Waals surface area contributed by atoms with Crippen molar-refractivity contribution in [3.8, 4) is 0 Å². The molecule has 0 aliphatic heterocycles. The Morgan fingerprint density at radius 1 is 0.781 bits per heavy atom. The van der Waals surface area contributed by atoms with E-state index >= 15 is 0 Å². The molecule has 1 radical (unpaired) electrons. The van der Waals surface area contributed by atoms with Gasteiger partial charge in [0, 0.05) is 19.2 Å². The van der Waals surface area contributed by atoms with Crippen molar-refractivity contribution in [1.29, 1.82) is 0 Å². The summed E-state index contributed by atoms with van der Waals surface area (Å²) in [4.78, 5) is 63.2. The highest BCUT2D eigenvalue weighted by Crippen LogP contribution is 2.17. The molecule has 0 atom stereocenters. The molecule has 0 saturated heterocycles. The third-order valence-electron chi connectivity index (χ3n) is 3.35. The number of benzene rings is 1. The predicted octanol–water partition coefficient (Wildman–Crippen LogP) is -0.768. The largest absolute Gasteiger partial charge is 0.480 e. The monoisotopic (exact) mass is 459 g/mol. The quantitative estimate of drug-likeness (QED) is 0.209. The van der Waals surface area contributed by atoms with Crippen LogP contribution in [0.25, 0.3) is 0 Å². The molecule has 0 aliphatic carbocycles. The van der Waals surface area contributed by atoms with E-state index in [-0.39, 0.29) is 18.8 Å². The van der Waals surface area contributed by atoms with Gasteiger partial charge in [0.25, 0.3) is 11.4 Å². The van der Waals surface area contributed by atoms with Gasteiger partial charge in [0.15, 0.2) is 0 Å². The number of aliphatic carboxylic acids is 4. The molecule has 1 aromatic rings. The summed E-state index contributed by atoms with van der Waals surface area (Å²) >= 11 is 0. The summed E-state index contributed by atoms with van der Waals surface area (Å²) in [5, 5.41) is 54.7. The lowest BCUT2D eigenvalue weighted by Crippen LogP contribution is -2.43. The van der Waals surface area contributed by atoms with E-state index in [1.165, 1.54) is 0 Å². The smallest absolute Gasteiger partial charge is 0.317 e. The molecule has 0 saturated carbocycles. The number of rotatable bonds is 13. The molecular weight excluding hydrogens is 440 g/mol. The van der Waals surface area contributed by atoms with E-state index in [9.17, 15) is 39.4 Å². The molecule has 0 aliphatic rings. The van der Waals surface area contributed by atoms with Crippen molar-refractivity contribution in [2.75, 3.05) is 39.3 Å². The van der Waals surface area contributed by atoms with Crippen molar-refractivity contribution in [3.63, 3.8) is 0 Å². The molecular formula is C16H19N4O12. The van der Waals surface area contributed by atoms with Crippen LogP contribution in [0, 0.1) is 26.3 Å². The number of hydrogen-bond acceptors (Lipinski definition) is 10. The zero-order chi connectivity index (χ0) is 24.8. The fourth-order valence-electron chi connectivity index (χ4n) is 2.14. The van der Waals surface area contributed by atoms with Crippen LogP contribution < -0.4 is 0 Å². The zero-order valence-corrected chi connectivity index (χ0v) is 16.3. The van der Waals surface area contributed by atoms with Gasteiger partial charge in [0.1, 0.15) is 0 Å². The minimum atomic E-state index is -1.23. The number of carboxylic acid groups (broad SMARTS) is 4. The first-order valence-electron chi connectivity index (χ1n) is 8.44. The molecule has 16 heteroatoms. The van der Waals surface area contributed by atoms with Crippen molar-refractivity contribution in [3.05, 3.63) is 44.5 Å². The number of nitrogens with zero attached hydrogens (tertiary/aromatic N) is 4. The van der Waals surface area contributed by atoms with Crippen molar-refractivity contribution < 1.29 is 49.5 Å². The topological polar surface area (TPSA) is 242 Å². The van der Waals surface area contributed by atoms with Gasteiger partial charge in [-0.2, -0.15) is 0 Å². The lowest BCUT2D eigenvalue weighted by molar-refractivity contribution is -0.394. The van der Waals surface area contributed by atoms with Crippen LogP contribution in [0.3, 0.4) is 0 Å². The van der Waals surface area contributed by atoms with Crippen molar-refractivity contribution in [2.24, 2.45) is 0 Å². The van der Waals surface area contributed by atoms with Crippen LogP contribution in [0.5, 0.6) is 0 Å². The van der Waals surface area contributed by atoms with Crippen molar-refractivity contribution >= 4 is 35.3 Å². The van der Waals surface area contributed by atoms with Crippen LogP contribution >= 0.6 is 0 Å². The SMILES string of the molecule is O=C(O)CN(CCN(CC(=O)O)CC(=O)O)CC(=O)O.O=[N+]([O-])c1[c]ccc([N+](=O)[O-])c1. The van der Waals surface area contributed by atoms with Gasteiger partial charge < -0.3 is 20.4 Å². The highest BCUT2D eigenvalue weighted by Gasteiger charge is 2.18. The van der Waals surface area contributed by atoms with Gasteiger partial charge in [-0.1, -0.05) is 0 Å². The van der Waals surface area contributed by atoms with Crippen LogP contribution in [-0.4, -0.2) is 103 Å². The van der Waals surface area contributed by atoms with E-state index in [0.717, 1.165) is 28.0 Å². The summed E-state index contributed by atoms with van der Waals surface area (Å²) < 4.78 is 0. The first-order chi connectivity index (χ1) is 14.8. The minimum absolute atomic E-state index is 0.0703. The molecule has 4 N–H and O–H groups in total. The lowest BCUT2D eigenvalue weighted by atomic mass is 10.3. The third kappa shape index (κ3) is 13.1. The Bertz CT molecular complexity index is 762. The maximum atomic E-state index is 10.6. The maximum Gasteiger partial charge on any atom is 0.317 e. The average molecular weight is 459 g/mol. The number of carboxylic acids is 4. The molecule has 1 aromatic carbocycles. The maximum absolute atomic E-state index is 10.6. The van der Waals surface area contributed by atoms with Crippen molar-refractivity contribution in [1.82, 2.24) is 9.80 Å². The molecule has 32 heavy (non-hydrogen) atoms. The molecule has 0 aromatic heterocycles. The summed E-state index contributed by atoms with van der Waals surface area (Å²) in [6.45, 7) is -2.25. The Hall–Kier alpha value is -4.18.